The average molecular weight is 272 g/mol. The number of benzene rings is 1. The first-order valence-electron chi connectivity index (χ1n) is 6.67. The smallest absolute Gasteiger partial charge is 0.273 e. The number of hydrogen-bond acceptors (Lipinski definition) is 3. The number of hydrogen-bond donors (Lipinski definition) is 0. The molecule has 5 nitrogen and oxygen atoms in total. The summed E-state index contributed by atoms with van der Waals surface area (Å²) < 4.78 is 1.50. The first kappa shape index (κ1) is 14.2. The van der Waals surface area contributed by atoms with E-state index in [2.05, 4.69) is 29.4 Å². The lowest BCUT2D eigenvalue weighted by Crippen LogP contribution is -2.37. The highest BCUT2D eigenvalue weighted by atomic mass is 16.2. The van der Waals surface area contributed by atoms with E-state index >= 15 is 0 Å². The number of likely N-dealkylation sites (N-methyl/N-ethyl adjacent to an activating group) is 1. The van der Waals surface area contributed by atoms with Crippen LogP contribution >= 0.6 is 0 Å². The van der Waals surface area contributed by atoms with Crippen LogP contribution in [0.2, 0.25) is 0 Å². The average Bonchev–Trinajstić information content (AvgIpc) is 2.86. The van der Waals surface area contributed by atoms with Crippen molar-refractivity contribution in [1.29, 1.82) is 0 Å². The van der Waals surface area contributed by atoms with E-state index in [9.17, 15) is 4.79 Å². The fraction of sp³-hybridized carbons (Fsp3) is 0.400. The van der Waals surface area contributed by atoms with Crippen LogP contribution in [0.25, 0.3) is 0 Å². The van der Waals surface area contributed by atoms with Gasteiger partial charge in [0.1, 0.15) is 5.69 Å². The maximum atomic E-state index is 12.4. The first-order chi connectivity index (χ1) is 9.50. The van der Waals surface area contributed by atoms with Gasteiger partial charge in [0.15, 0.2) is 0 Å². The van der Waals surface area contributed by atoms with E-state index in [4.69, 9.17) is 0 Å². The summed E-state index contributed by atoms with van der Waals surface area (Å²) in [5, 5.41) is 7.54. The van der Waals surface area contributed by atoms with Gasteiger partial charge in [-0.15, -0.1) is 5.10 Å². The van der Waals surface area contributed by atoms with Gasteiger partial charge in [0, 0.05) is 20.1 Å². The van der Waals surface area contributed by atoms with Crippen molar-refractivity contribution < 1.29 is 4.79 Å². The van der Waals surface area contributed by atoms with E-state index in [1.807, 2.05) is 26.1 Å². The van der Waals surface area contributed by atoms with Gasteiger partial charge in [-0.05, 0) is 31.4 Å². The first-order valence-corrected chi connectivity index (χ1v) is 6.67. The largest absolute Gasteiger partial charge is 0.337 e. The standard InChI is InChI=1S/C15H20N4O/c1-11-7-5-6-8-13(11)9-12(2)18(3)15(20)14-10-16-17-19(14)4/h5-8,10,12H,9H2,1-4H3. The Morgan fingerprint density at radius 2 is 2.10 bits per heavy atom. The third-order valence-corrected chi connectivity index (χ3v) is 3.69. The predicted octanol–water partition coefficient (Wildman–Crippen LogP) is 1.83. The van der Waals surface area contributed by atoms with Crippen LogP contribution in [0, 0.1) is 6.92 Å². The molecule has 0 aliphatic rings. The lowest BCUT2D eigenvalue weighted by atomic mass is 10.0. The Morgan fingerprint density at radius 3 is 2.70 bits per heavy atom. The lowest BCUT2D eigenvalue weighted by Gasteiger charge is -2.25. The van der Waals surface area contributed by atoms with Gasteiger partial charge in [-0.1, -0.05) is 29.5 Å². The second-order valence-electron chi connectivity index (χ2n) is 5.14. The van der Waals surface area contributed by atoms with Gasteiger partial charge in [-0.3, -0.25) is 4.79 Å². The number of carbonyl (C=O) groups excluding carboxylic acids is 1. The number of amides is 1. The van der Waals surface area contributed by atoms with Crippen LogP contribution in [0.4, 0.5) is 0 Å². The Hall–Kier alpha value is -2.17. The van der Waals surface area contributed by atoms with Gasteiger partial charge < -0.3 is 4.90 Å². The summed E-state index contributed by atoms with van der Waals surface area (Å²) in [6.07, 6.45) is 2.33. The molecule has 5 heteroatoms. The molecule has 0 aliphatic heterocycles. The van der Waals surface area contributed by atoms with Gasteiger partial charge in [-0.2, -0.15) is 0 Å². The highest BCUT2D eigenvalue weighted by molar-refractivity contribution is 5.92. The summed E-state index contributed by atoms with van der Waals surface area (Å²) in [7, 11) is 3.54. The molecular weight excluding hydrogens is 252 g/mol. The summed E-state index contributed by atoms with van der Waals surface area (Å²) in [5.41, 5.74) is 3.02. The summed E-state index contributed by atoms with van der Waals surface area (Å²) in [6, 6.07) is 8.37. The van der Waals surface area contributed by atoms with E-state index in [0.29, 0.717) is 5.69 Å². The zero-order valence-corrected chi connectivity index (χ0v) is 12.4. The van der Waals surface area contributed by atoms with Crippen LogP contribution in [0.15, 0.2) is 30.5 Å². The molecule has 2 rings (SSSR count). The highest BCUT2D eigenvalue weighted by Crippen LogP contribution is 2.13. The van der Waals surface area contributed by atoms with Crippen molar-refractivity contribution in [3.63, 3.8) is 0 Å². The highest BCUT2D eigenvalue weighted by Gasteiger charge is 2.21. The third kappa shape index (κ3) is 2.87. The van der Waals surface area contributed by atoms with E-state index in [-0.39, 0.29) is 11.9 Å². The van der Waals surface area contributed by atoms with Crippen molar-refractivity contribution in [3.05, 3.63) is 47.3 Å². The molecule has 1 heterocycles. The molecule has 0 bridgehead atoms. The third-order valence-electron chi connectivity index (χ3n) is 3.69. The van der Waals surface area contributed by atoms with E-state index < -0.39 is 0 Å². The minimum Gasteiger partial charge on any atom is -0.337 e. The van der Waals surface area contributed by atoms with Crippen molar-refractivity contribution in [2.24, 2.45) is 7.05 Å². The molecule has 1 atom stereocenters. The summed E-state index contributed by atoms with van der Waals surface area (Å²) in [4.78, 5) is 14.1. The van der Waals surface area contributed by atoms with E-state index in [0.717, 1.165) is 6.42 Å². The zero-order chi connectivity index (χ0) is 14.7. The molecular formula is C15H20N4O. The van der Waals surface area contributed by atoms with Crippen molar-refractivity contribution in [2.45, 2.75) is 26.3 Å². The minimum absolute atomic E-state index is 0.0569. The molecule has 106 valence electrons. The number of aromatic nitrogens is 3. The molecule has 1 amide bonds. The lowest BCUT2D eigenvalue weighted by molar-refractivity contribution is 0.0732. The van der Waals surface area contributed by atoms with Crippen LogP contribution in [0.5, 0.6) is 0 Å². The molecule has 2 aromatic rings. The molecule has 0 radical (unpaired) electrons. The summed E-state index contributed by atoms with van der Waals surface area (Å²) in [5.74, 6) is -0.0569. The normalized spacial score (nSPS) is 12.2. The van der Waals surface area contributed by atoms with Crippen molar-refractivity contribution in [2.75, 3.05) is 7.05 Å². The molecule has 0 aliphatic carbocycles. The van der Waals surface area contributed by atoms with Crippen LogP contribution < -0.4 is 0 Å². The SMILES string of the molecule is Cc1ccccc1CC(C)N(C)C(=O)c1cnnn1C. The Labute approximate surface area is 119 Å². The Balaban J connectivity index is 2.09. The summed E-state index contributed by atoms with van der Waals surface area (Å²) >= 11 is 0. The van der Waals surface area contributed by atoms with Crippen LogP contribution in [0.3, 0.4) is 0 Å². The van der Waals surface area contributed by atoms with Gasteiger partial charge >= 0.3 is 0 Å². The number of rotatable bonds is 4. The zero-order valence-electron chi connectivity index (χ0n) is 12.4. The predicted molar refractivity (Wildman–Crippen MR) is 77.4 cm³/mol. The monoisotopic (exact) mass is 272 g/mol. The van der Waals surface area contributed by atoms with Gasteiger partial charge in [-0.25, -0.2) is 4.68 Å². The second kappa shape index (κ2) is 5.86. The summed E-state index contributed by atoms with van der Waals surface area (Å²) in [6.45, 7) is 4.14. The van der Waals surface area contributed by atoms with Gasteiger partial charge in [0.05, 0.1) is 6.20 Å². The van der Waals surface area contributed by atoms with Gasteiger partial charge in [0.25, 0.3) is 5.91 Å². The molecule has 0 saturated carbocycles. The van der Waals surface area contributed by atoms with Crippen LogP contribution in [-0.2, 0) is 13.5 Å². The molecule has 1 aromatic carbocycles. The maximum absolute atomic E-state index is 12.4. The number of nitrogens with zero attached hydrogens (tertiary/aromatic N) is 4. The molecule has 0 spiro atoms. The van der Waals surface area contributed by atoms with Crippen molar-refractivity contribution in [3.8, 4) is 0 Å². The topological polar surface area (TPSA) is 51.0 Å². The molecule has 20 heavy (non-hydrogen) atoms. The van der Waals surface area contributed by atoms with E-state index in [1.165, 1.54) is 22.0 Å². The quantitative estimate of drug-likeness (QED) is 0.853. The molecule has 0 N–H and O–H groups in total. The second-order valence-corrected chi connectivity index (χ2v) is 5.14. The Bertz CT molecular complexity index is 605. The van der Waals surface area contributed by atoms with E-state index in [1.54, 1.807) is 11.9 Å². The molecule has 0 fully saturated rings. The number of aryl methyl sites for hydroxylation is 2. The van der Waals surface area contributed by atoms with Crippen molar-refractivity contribution in [1.82, 2.24) is 19.9 Å². The van der Waals surface area contributed by atoms with Crippen molar-refractivity contribution >= 4 is 5.91 Å². The fourth-order valence-corrected chi connectivity index (χ4v) is 2.16. The van der Waals surface area contributed by atoms with Crippen LogP contribution in [0.1, 0.15) is 28.5 Å². The fourth-order valence-electron chi connectivity index (χ4n) is 2.16. The molecule has 1 aromatic heterocycles. The molecule has 0 saturated heterocycles. The molecule has 1 unspecified atom stereocenters. The van der Waals surface area contributed by atoms with Crippen LogP contribution in [-0.4, -0.2) is 38.9 Å². The number of carbonyl (C=O) groups is 1. The maximum Gasteiger partial charge on any atom is 0.273 e. The van der Waals surface area contributed by atoms with Gasteiger partial charge in [0.2, 0.25) is 0 Å². The minimum atomic E-state index is -0.0569. The Morgan fingerprint density at radius 1 is 1.40 bits per heavy atom. The Kier molecular flexibility index (Phi) is 4.17.